The Balaban J connectivity index is 2.17. The van der Waals surface area contributed by atoms with Gasteiger partial charge >= 0.3 is 0 Å². The highest BCUT2D eigenvalue weighted by molar-refractivity contribution is 5.49. The fourth-order valence-corrected chi connectivity index (χ4v) is 2.49. The lowest BCUT2D eigenvalue weighted by atomic mass is 9.96. The number of nitrogens with one attached hydrogen (secondary N) is 1. The third-order valence-corrected chi connectivity index (χ3v) is 3.55. The minimum atomic E-state index is -0.230. The van der Waals surface area contributed by atoms with E-state index >= 15 is 0 Å². The monoisotopic (exact) mass is 252 g/mol. The zero-order valence-corrected chi connectivity index (χ0v) is 11.0. The molecule has 4 heteroatoms. The number of halogens is 1. The summed E-state index contributed by atoms with van der Waals surface area (Å²) in [6, 6.07) is 5.15. The molecule has 1 aliphatic rings. The van der Waals surface area contributed by atoms with E-state index in [1.165, 1.54) is 0 Å². The van der Waals surface area contributed by atoms with Gasteiger partial charge in [0.2, 0.25) is 0 Å². The Morgan fingerprint density at radius 3 is 2.89 bits per heavy atom. The van der Waals surface area contributed by atoms with Crippen LogP contribution in [0, 0.1) is 11.7 Å². The summed E-state index contributed by atoms with van der Waals surface area (Å²) in [5.74, 6) is 0.0336. The molecule has 1 heterocycles. The first-order valence-electron chi connectivity index (χ1n) is 6.47. The van der Waals surface area contributed by atoms with Crippen LogP contribution in [0.15, 0.2) is 18.2 Å². The summed E-state index contributed by atoms with van der Waals surface area (Å²) in [6.07, 6.45) is 0.519. The van der Waals surface area contributed by atoms with Crippen molar-refractivity contribution in [3.63, 3.8) is 0 Å². The molecule has 1 aliphatic heterocycles. The van der Waals surface area contributed by atoms with E-state index in [-0.39, 0.29) is 17.8 Å². The number of benzene rings is 1. The molecule has 2 rings (SSSR count). The number of nitrogens with zero attached hydrogens (tertiary/aromatic N) is 1. The molecule has 2 atom stereocenters. The van der Waals surface area contributed by atoms with Crippen LogP contribution < -0.4 is 10.2 Å². The number of rotatable bonds is 3. The van der Waals surface area contributed by atoms with Gasteiger partial charge in [-0.2, -0.15) is 0 Å². The fraction of sp³-hybridized carbons (Fsp3) is 0.571. The van der Waals surface area contributed by atoms with E-state index < -0.39 is 0 Å². The molecule has 1 aromatic rings. The molecular weight excluding hydrogens is 231 g/mol. The molecule has 1 fully saturated rings. The summed E-state index contributed by atoms with van der Waals surface area (Å²) in [5.41, 5.74) is 1.87. The molecule has 3 nitrogen and oxygen atoms in total. The lowest BCUT2D eigenvalue weighted by Crippen LogP contribution is -2.42. The molecule has 0 aliphatic carbocycles. The SMILES string of the molecule is CNCc1cc(F)cc(N2CCC(O)C(C)C2)c1. The van der Waals surface area contributed by atoms with Crippen molar-refractivity contribution in [2.24, 2.45) is 5.92 Å². The van der Waals surface area contributed by atoms with Crippen LogP contribution in [-0.2, 0) is 6.54 Å². The van der Waals surface area contributed by atoms with Crippen molar-refractivity contribution in [2.45, 2.75) is 26.0 Å². The standard InChI is InChI=1S/C14H21FN2O/c1-10-9-17(4-3-14(10)18)13-6-11(8-16-2)5-12(15)7-13/h5-7,10,14,16,18H,3-4,8-9H2,1-2H3. The average molecular weight is 252 g/mol. The summed E-state index contributed by atoms with van der Waals surface area (Å²) < 4.78 is 13.6. The smallest absolute Gasteiger partial charge is 0.125 e. The largest absolute Gasteiger partial charge is 0.393 e. The van der Waals surface area contributed by atoms with Gasteiger partial charge in [-0.15, -0.1) is 0 Å². The highest BCUT2D eigenvalue weighted by Gasteiger charge is 2.24. The van der Waals surface area contributed by atoms with Crippen LogP contribution in [0.25, 0.3) is 0 Å². The summed E-state index contributed by atoms with van der Waals surface area (Å²) in [6.45, 7) is 4.26. The Morgan fingerprint density at radius 1 is 1.44 bits per heavy atom. The number of hydrogen-bond donors (Lipinski definition) is 2. The summed E-state index contributed by atoms with van der Waals surface area (Å²) in [4.78, 5) is 2.15. The van der Waals surface area contributed by atoms with Gasteiger partial charge in [-0.3, -0.25) is 0 Å². The molecule has 0 aromatic heterocycles. The van der Waals surface area contributed by atoms with Crippen molar-refractivity contribution in [1.29, 1.82) is 0 Å². The molecule has 0 radical (unpaired) electrons. The van der Waals surface area contributed by atoms with Crippen LogP contribution in [0.1, 0.15) is 18.9 Å². The maximum Gasteiger partial charge on any atom is 0.125 e. The molecule has 100 valence electrons. The first-order valence-corrected chi connectivity index (χ1v) is 6.47. The van der Waals surface area contributed by atoms with Crippen LogP contribution in [-0.4, -0.2) is 31.3 Å². The van der Waals surface area contributed by atoms with Crippen molar-refractivity contribution in [2.75, 3.05) is 25.0 Å². The third-order valence-electron chi connectivity index (χ3n) is 3.55. The van der Waals surface area contributed by atoms with Gasteiger partial charge in [-0.25, -0.2) is 4.39 Å². The first kappa shape index (κ1) is 13.3. The average Bonchev–Trinajstić information content (AvgIpc) is 2.32. The highest BCUT2D eigenvalue weighted by Crippen LogP contribution is 2.25. The quantitative estimate of drug-likeness (QED) is 0.860. The highest BCUT2D eigenvalue weighted by atomic mass is 19.1. The third kappa shape index (κ3) is 3.00. The number of aliphatic hydroxyl groups excluding tert-OH is 1. The van der Waals surface area contributed by atoms with Crippen molar-refractivity contribution in [3.05, 3.63) is 29.6 Å². The van der Waals surface area contributed by atoms with E-state index in [1.54, 1.807) is 12.1 Å². The summed E-state index contributed by atoms with van der Waals surface area (Å²) in [5, 5.41) is 12.8. The van der Waals surface area contributed by atoms with Gasteiger partial charge < -0.3 is 15.3 Å². The van der Waals surface area contributed by atoms with Crippen LogP contribution in [0.4, 0.5) is 10.1 Å². The predicted octanol–water partition coefficient (Wildman–Crippen LogP) is 1.75. The van der Waals surface area contributed by atoms with Gasteiger partial charge in [0.1, 0.15) is 5.82 Å². The molecule has 0 amide bonds. The van der Waals surface area contributed by atoms with Crippen LogP contribution in [0.2, 0.25) is 0 Å². The second-order valence-corrected chi connectivity index (χ2v) is 5.13. The van der Waals surface area contributed by atoms with Crippen molar-refractivity contribution < 1.29 is 9.50 Å². The van der Waals surface area contributed by atoms with E-state index in [4.69, 9.17) is 0 Å². The normalized spacial score (nSPS) is 24.3. The molecule has 2 unspecified atom stereocenters. The first-order chi connectivity index (χ1) is 8.60. The Bertz CT molecular complexity index is 411. The van der Waals surface area contributed by atoms with Crippen molar-refractivity contribution >= 4 is 5.69 Å². The van der Waals surface area contributed by atoms with Crippen LogP contribution in [0.3, 0.4) is 0 Å². The molecule has 1 saturated heterocycles. The molecule has 2 N–H and O–H groups in total. The maximum atomic E-state index is 13.6. The predicted molar refractivity (Wildman–Crippen MR) is 71.2 cm³/mol. The molecule has 18 heavy (non-hydrogen) atoms. The summed E-state index contributed by atoms with van der Waals surface area (Å²) >= 11 is 0. The zero-order valence-electron chi connectivity index (χ0n) is 11.0. The zero-order chi connectivity index (χ0) is 13.1. The van der Waals surface area contributed by atoms with Gasteiger partial charge in [-0.05, 0) is 43.1 Å². The minimum absolute atomic E-state index is 0.198. The Labute approximate surface area is 108 Å². The van der Waals surface area contributed by atoms with Crippen LogP contribution in [0.5, 0.6) is 0 Å². The van der Waals surface area contributed by atoms with E-state index in [9.17, 15) is 9.50 Å². The second kappa shape index (κ2) is 5.67. The Hall–Kier alpha value is -1.13. The molecule has 0 bridgehead atoms. The Morgan fingerprint density at radius 2 is 2.22 bits per heavy atom. The van der Waals surface area contributed by atoms with E-state index in [0.717, 1.165) is 30.8 Å². The molecular formula is C14H21FN2O. The van der Waals surface area contributed by atoms with E-state index in [2.05, 4.69) is 10.2 Å². The second-order valence-electron chi connectivity index (χ2n) is 5.13. The fourth-order valence-electron chi connectivity index (χ4n) is 2.49. The molecule has 0 spiro atoms. The number of hydrogen-bond acceptors (Lipinski definition) is 3. The summed E-state index contributed by atoms with van der Waals surface area (Å²) in [7, 11) is 1.85. The number of anilines is 1. The number of piperidine rings is 1. The topological polar surface area (TPSA) is 35.5 Å². The van der Waals surface area contributed by atoms with Crippen molar-refractivity contribution in [1.82, 2.24) is 5.32 Å². The lowest BCUT2D eigenvalue weighted by molar-refractivity contribution is 0.0971. The minimum Gasteiger partial charge on any atom is -0.393 e. The van der Waals surface area contributed by atoms with Gasteiger partial charge in [0, 0.05) is 25.3 Å². The van der Waals surface area contributed by atoms with Gasteiger partial charge in [0.15, 0.2) is 0 Å². The lowest BCUT2D eigenvalue weighted by Gasteiger charge is -2.36. The van der Waals surface area contributed by atoms with E-state index in [0.29, 0.717) is 6.54 Å². The number of aliphatic hydroxyl groups is 1. The van der Waals surface area contributed by atoms with Gasteiger partial charge in [0.25, 0.3) is 0 Å². The van der Waals surface area contributed by atoms with E-state index in [1.807, 2.05) is 20.0 Å². The van der Waals surface area contributed by atoms with Gasteiger partial charge in [0.05, 0.1) is 6.10 Å². The van der Waals surface area contributed by atoms with Gasteiger partial charge in [-0.1, -0.05) is 6.92 Å². The van der Waals surface area contributed by atoms with Crippen molar-refractivity contribution in [3.8, 4) is 0 Å². The molecule has 0 saturated carbocycles. The Kier molecular flexibility index (Phi) is 4.19. The maximum absolute atomic E-state index is 13.6. The van der Waals surface area contributed by atoms with Crippen LogP contribution >= 0.6 is 0 Å². The molecule has 1 aromatic carbocycles.